The standard InChI is InChI=1S/C14H16N2O3/c1-9(6-7-17)16-14(19)11-8-15-12-5-3-2-4-10(12)13(11)18/h2-5,8-9,17H,6-7H2,1H3,(H,15,18)(H,16,19). The number of aliphatic hydroxyl groups is 1. The van der Waals surface area contributed by atoms with E-state index in [2.05, 4.69) is 10.3 Å². The van der Waals surface area contributed by atoms with Gasteiger partial charge in [-0.1, -0.05) is 12.1 Å². The Bertz CT molecular complexity index is 648. The van der Waals surface area contributed by atoms with E-state index in [1.54, 1.807) is 25.1 Å². The molecule has 3 N–H and O–H groups in total. The number of pyridine rings is 1. The Labute approximate surface area is 110 Å². The summed E-state index contributed by atoms with van der Waals surface area (Å²) in [5.41, 5.74) is 0.499. The fourth-order valence-corrected chi connectivity index (χ4v) is 1.90. The molecule has 1 aromatic heterocycles. The van der Waals surface area contributed by atoms with E-state index in [0.717, 1.165) is 0 Å². The Hall–Kier alpha value is -2.14. The van der Waals surface area contributed by atoms with Gasteiger partial charge in [-0.25, -0.2) is 0 Å². The van der Waals surface area contributed by atoms with Gasteiger partial charge in [0.1, 0.15) is 5.56 Å². The number of H-pyrrole nitrogens is 1. The summed E-state index contributed by atoms with van der Waals surface area (Å²) in [6.07, 6.45) is 1.88. The molecule has 0 aliphatic carbocycles. The molecule has 0 bridgehead atoms. The van der Waals surface area contributed by atoms with Crippen molar-refractivity contribution in [3.05, 3.63) is 46.2 Å². The van der Waals surface area contributed by atoms with Crippen molar-refractivity contribution < 1.29 is 9.90 Å². The van der Waals surface area contributed by atoms with Crippen LogP contribution >= 0.6 is 0 Å². The molecule has 1 aromatic carbocycles. The van der Waals surface area contributed by atoms with E-state index >= 15 is 0 Å². The topological polar surface area (TPSA) is 82.2 Å². The molecule has 0 spiro atoms. The van der Waals surface area contributed by atoms with Gasteiger partial charge in [0, 0.05) is 29.7 Å². The van der Waals surface area contributed by atoms with Crippen LogP contribution in [0.15, 0.2) is 35.3 Å². The number of nitrogens with one attached hydrogen (secondary N) is 2. The molecule has 0 aliphatic heterocycles. The number of carbonyl (C=O) groups excluding carboxylic acids is 1. The van der Waals surface area contributed by atoms with Gasteiger partial charge in [0.2, 0.25) is 5.43 Å². The van der Waals surface area contributed by atoms with Gasteiger partial charge in [0.05, 0.1) is 0 Å². The summed E-state index contributed by atoms with van der Waals surface area (Å²) >= 11 is 0. The van der Waals surface area contributed by atoms with Crippen molar-refractivity contribution in [3.63, 3.8) is 0 Å². The molecule has 5 heteroatoms. The number of hydrogen-bond acceptors (Lipinski definition) is 3. The quantitative estimate of drug-likeness (QED) is 0.768. The van der Waals surface area contributed by atoms with Crippen molar-refractivity contribution in [1.82, 2.24) is 10.3 Å². The van der Waals surface area contributed by atoms with E-state index in [1.165, 1.54) is 6.20 Å². The summed E-state index contributed by atoms with van der Waals surface area (Å²) in [4.78, 5) is 27.1. The number of hydrogen-bond donors (Lipinski definition) is 3. The lowest BCUT2D eigenvalue weighted by atomic mass is 10.1. The van der Waals surface area contributed by atoms with E-state index < -0.39 is 5.91 Å². The summed E-state index contributed by atoms with van der Waals surface area (Å²) in [5, 5.41) is 12.0. The van der Waals surface area contributed by atoms with Crippen LogP contribution in [0.25, 0.3) is 10.9 Å². The zero-order chi connectivity index (χ0) is 13.8. The smallest absolute Gasteiger partial charge is 0.256 e. The molecular weight excluding hydrogens is 244 g/mol. The number of para-hydroxylation sites is 1. The Morgan fingerprint density at radius 1 is 1.42 bits per heavy atom. The Morgan fingerprint density at radius 3 is 2.89 bits per heavy atom. The minimum absolute atomic E-state index is 0.00444. The van der Waals surface area contributed by atoms with E-state index in [0.29, 0.717) is 17.3 Å². The van der Waals surface area contributed by atoms with Gasteiger partial charge in [-0.2, -0.15) is 0 Å². The van der Waals surface area contributed by atoms with Crippen molar-refractivity contribution >= 4 is 16.8 Å². The molecule has 100 valence electrons. The molecule has 0 saturated carbocycles. The van der Waals surface area contributed by atoms with Gasteiger partial charge in [-0.3, -0.25) is 9.59 Å². The number of fused-ring (bicyclic) bond motifs is 1. The minimum Gasteiger partial charge on any atom is -0.396 e. The van der Waals surface area contributed by atoms with Crippen molar-refractivity contribution in [2.75, 3.05) is 6.61 Å². The number of aromatic nitrogens is 1. The van der Waals surface area contributed by atoms with Crippen LogP contribution in [0.5, 0.6) is 0 Å². The van der Waals surface area contributed by atoms with Crippen molar-refractivity contribution in [3.8, 4) is 0 Å². The maximum absolute atomic E-state index is 12.2. The van der Waals surface area contributed by atoms with Gasteiger partial charge in [0.15, 0.2) is 0 Å². The molecule has 0 aliphatic rings. The van der Waals surface area contributed by atoms with Crippen LogP contribution in [-0.4, -0.2) is 28.6 Å². The van der Waals surface area contributed by atoms with Crippen LogP contribution in [0.2, 0.25) is 0 Å². The SMILES string of the molecule is CC(CCO)NC(=O)c1c[nH]c2ccccc2c1=O. The Balaban J connectivity index is 2.33. The third-order valence-corrected chi connectivity index (χ3v) is 2.97. The highest BCUT2D eigenvalue weighted by Crippen LogP contribution is 2.07. The average molecular weight is 260 g/mol. The van der Waals surface area contributed by atoms with E-state index in [-0.39, 0.29) is 23.6 Å². The van der Waals surface area contributed by atoms with Crippen molar-refractivity contribution in [1.29, 1.82) is 0 Å². The molecule has 0 fully saturated rings. The first-order valence-corrected chi connectivity index (χ1v) is 6.15. The summed E-state index contributed by atoms with van der Waals surface area (Å²) in [6, 6.07) is 6.87. The minimum atomic E-state index is -0.423. The van der Waals surface area contributed by atoms with Gasteiger partial charge in [0.25, 0.3) is 5.91 Å². The summed E-state index contributed by atoms with van der Waals surface area (Å²) in [7, 11) is 0. The average Bonchev–Trinajstić information content (AvgIpc) is 2.39. The zero-order valence-corrected chi connectivity index (χ0v) is 10.6. The van der Waals surface area contributed by atoms with Crippen LogP contribution in [0.1, 0.15) is 23.7 Å². The van der Waals surface area contributed by atoms with Crippen molar-refractivity contribution in [2.45, 2.75) is 19.4 Å². The second kappa shape index (κ2) is 5.67. The fourth-order valence-electron chi connectivity index (χ4n) is 1.90. The molecular formula is C14H16N2O3. The highest BCUT2D eigenvalue weighted by atomic mass is 16.3. The van der Waals surface area contributed by atoms with Crippen LogP contribution in [-0.2, 0) is 0 Å². The number of benzene rings is 1. The molecule has 1 unspecified atom stereocenters. The fraction of sp³-hybridized carbons (Fsp3) is 0.286. The molecule has 1 heterocycles. The second-order valence-electron chi connectivity index (χ2n) is 4.46. The highest BCUT2D eigenvalue weighted by Gasteiger charge is 2.14. The molecule has 0 saturated heterocycles. The maximum atomic E-state index is 12.2. The van der Waals surface area contributed by atoms with Gasteiger partial charge in [-0.15, -0.1) is 0 Å². The van der Waals surface area contributed by atoms with Crippen LogP contribution < -0.4 is 10.7 Å². The lowest BCUT2D eigenvalue weighted by Gasteiger charge is -2.12. The van der Waals surface area contributed by atoms with E-state index in [1.807, 2.05) is 6.07 Å². The lowest BCUT2D eigenvalue weighted by molar-refractivity contribution is 0.0933. The molecule has 1 amide bonds. The maximum Gasteiger partial charge on any atom is 0.256 e. The monoisotopic (exact) mass is 260 g/mol. The number of aromatic amines is 1. The Kier molecular flexibility index (Phi) is 3.97. The summed E-state index contributed by atoms with van der Waals surface area (Å²) in [6.45, 7) is 1.78. The summed E-state index contributed by atoms with van der Waals surface area (Å²) in [5.74, 6) is -0.423. The van der Waals surface area contributed by atoms with Crippen molar-refractivity contribution in [2.24, 2.45) is 0 Å². The Morgan fingerprint density at radius 2 is 2.16 bits per heavy atom. The molecule has 1 atom stereocenters. The first kappa shape index (κ1) is 13.3. The third-order valence-electron chi connectivity index (χ3n) is 2.97. The molecule has 5 nitrogen and oxygen atoms in total. The van der Waals surface area contributed by atoms with Crippen LogP contribution in [0, 0.1) is 0 Å². The number of carbonyl (C=O) groups is 1. The number of rotatable bonds is 4. The zero-order valence-electron chi connectivity index (χ0n) is 10.6. The van der Waals surface area contributed by atoms with E-state index in [9.17, 15) is 9.59 Å². The third kappa shape index (κ3) is 2.82. The predicted molar refractivity (Wildman–Crippen MR) is 73.2 cm³/mol. The largest absolute Gasteiger partial charge is 0.396 e. The van der Waals surface area contributed by atoms with Crippen LogP contribution in [0.3, 0.4) is 0 Å². The molecule has 2 rings (SSSR count). The normalized spacial score (nSPS) is 12.3. The van der Waals surface area contributed by atoms with Gasteiger partial charge in [-0.05, 0) is 25.5 Å². The first-order chi connectivity index (χ1) is 9.13. The molecule has 0 radical (unpaired) electrons. The highest BCUT2D eigenvalue weighted by molar-refractivity contribution is 5.97. The first-order valence-electron chi connectivity index (χ1n) is 6.15. The van der Waals surface area contributed by atoms with E-state index in [4.69, 9.17) is 5.11 Å². The van der Waals surface area contributed by atoms with Gasteiger partial charge < -0.3 is 15.4 Å². The molecule has 19 heavy (non-hydrogen) atoms. The molecule has 2 aromatic rings. The predicted octanol–water partition coefficient (Wildman–Crippen LogP) is 1.03. The van der Waals surface area contributed by atoms with Crippen LogP contribution in [0.4, 0.5) is 0 Å². The van der Waals surface area contributed by atoms with Gasteiger partial charge >= 0.3 is 0 Å². The lowest BCUT2D eigenvalue weighted by Crippen LogP contribution is -2.36. The number of amides is 1. The summed E-state index contributed by atoms with van der Waals surface area (Å²) < 4.78 is 0. The number of aliphatic hydroxyl groups excluding tert-OH is 1. The second-order valence-corrected chi connectivity index (χ2v) is 4.46.